The molecule has 1 atom stereocenters. The van der Waals surface area contributed by atoms with Gasteiger partial charge in [0.25, 0.3) is 0 Å². The molecule has 0 amide bonds. The van der Waals surface area contributed by atoms with E-state index in [-0.39, 0.29) is 5.54 Å². The summed E-state index contributed by atoms with van der Waals surface area (Å²) in [6, 6.07) is 0.635. The average molecular weight is 268 g/mol. The molecule has 1 N–H and O–H groups in total. The molecule has 1 unspecified atom stereocenters. The Kier molecular flexibility index (Phi) is 7.38. The van der Waals surface area contributed by atoms with Crippen LogP contribution in [0.5, 0.6) is 0 Å². The van der Waals surface area contributed by atoms with Gasteiger partial charge in [0.1, 0.15) is 0 Å². The molecule has 0 spiro atoms. The van der Waals surface area contributed by atoms with Crippen LogP contribution in [0.25, 0.3) is 0 Å². The molecule has 1 rings (SSSR count). The Balaban J connectivity index is 2.83. The third kappa shape index (κ3) is 4.46. The molecule has 0 saturated heterocycles. The van der Waals surface area contributed by atoms with Crippen LogP contribution in [0, 0.1) is 5.92 Å². The first-order valence-electron chi connectivity index (χ1n) is 8.56. The first-order chi connectivity index (χ1) is 9.07. The molecule has 1 aliphatic carbocycles. The second-order valence-corrected chi connectivity index (χ2v) is 6.61. The smallest absolute Gasteiger partial charge is 0.0308 e. The van der Waals surface area contributed by atoms with Crippen molar-refractivity contribution in [2.75, 3.05) is 19.6 Å². The monoisotopic (exact) mass is 268 g/mol. The standard InChI is InChI=1S/C17H36N2/c1-6-18-16(15-13-11-9-10-12-14-15)17(4,5)19(7-2)8-3/h15-16,18H,6-14H2,1-5H3. The molecule has 2 nitrogen and oxygen atoms in total. The van der Waals surface area contributed by atoms with E-state index in [4.69, 9.17) is 0 Å². The minimum atomic E-state index is 0.258. The van der Waals surface area contributed by atoms with Gasteiger partial charge in [-0.15, -0.1) is 0 Å². The molecule has 0 aliphatic heterocycles. The highest BCUT2D eigenvalue weighted by Crippen LogP contribution is 2.32. The highest BCUT2D eigenvalue weighted by molar-refractivity contribution is 4.97. The van der Waals surface area contributed by atoms with Gasteiger partial charge in [0.15, 0.2) is 0 Å². The molecule has 1 aliphatic rings. The third-order valence-electron chi connectivity index (χ3n) is 5.13. The van der Waals surface area contributed by atoms with Crippen LogP contribution in [0.4, 0.5) is 0 Å². The van der Waals surface area contributed by atoms with E-state index in [9.17, 15) is 0 Å². The Labute approximate surface area is 121 Å². The fraction of sp³-hybridized carbons (Fsp3) is 1.00. The summed E-state index contributed by atoms with van der Waals surface area (Å²) < 4.78 is 0. The van der Waals surface area contributed by atoms with Crippen LogP contribution in [0.15, 0.2) is 0 Å². The normalized spacial score (nSPS) is 20.5. The highest BCUT2D eigenvalue weighted by Gasteiger charge is 2.38. The lowest BCUT2D eigenvalue weighted by atomic mass is 9.79. The quantitative estimate of drug-likeness (QED) is 0.701. The first kappa shape index (κ1) is 17.0. The predicted molar refractivity (Wildman–Crippen MR) is 85.7 cm³/mol. The molecule has 0 radical (unpaired) electrons. The summed E-state index contributed by atoms with van der Waals surface area (Å²) in [6.45, 7) is 15.1. The van der Waals surface area contributed by atoms with Gasteiger partial charge in [0.2, 0.25) is 0 Å². The Morgan fingerprint density at radius 2 is 1.53 bits per heavy atom. The van der Waals surface area contributed by atoms with Gasteiger partial charge in [-0.05, 0) is 52.2 Å². The molecule has 2 heteroatoms. The van der Waals surface area contributed by atoms with E-state index in [1.54, 1.807) is 0 Å². The first-order valence-corrected chi connectivity index (χ1v) is 8.56. The number of nitrogens with zero attached hydrogens (tertiary/aromatic N) is 1. The van der Waals surface area contributed by atoms with Crippen molar-refractivity contribution >= 4 is 0 Å². The topological polar surface area (TPSA) is 15.3 Å². The summed E-state index contributed by atoms with van der Waals surface area (Å²) in [5, 5.41) is 3.83. The van der Waals surface area contributed by atoms with Gasteiger partial charge in [-0.1, -0.05) is 46.5 Å². The van der Waals surface area contributed by atoms with Gasteiger partial charge in [0, 0.05) is 11.6 Å². The van der Waals surface area contributed by atoms with Gasteiger partial charge in [-0.3, -0.25) is 4.90 Å². The van der Waals surface area contributed by atoms with E-state index in [1.165, 1.54) is 38.5 Å². The van der Waals surface area contributed by atoms with E-state index >= 15 is 0 Å². The second kappa shape index (κ2) is 8.26. The third-order valence-corrected chi connectivity index (χ3v) is 5.13. The van der Waals surface area contributed by atoms with Gasteiger partial charge >= 0.3 is 0 Å². The minimum Gasteiger partial charge on any atom is -0.312 e. The molecular formula is C17H36N2. The van der Waals surface area contributed by atoms with E-state index < -0.39 is 0 Å². The number of nitrogens with one attached hydrogen (secondary N) is 1. The number of hydrogen-bond acceptors (Lipinski definition) is 2. The maximum atomic E-state index is 3.83. The molecule has 0 aromatic rings. The highest BCUT2D eigenvalue weighted by atomic mass is 15.2. The lowest BCUT2D eigenvalue weighted by molar-refractivity contribution is 0.0612. The van der Waals surface area contributed by atoms with Gasteiger partial charge in [-0.25, -0.2) is 0 Å². The fourth-order valence-electron chi connectivity index (χ4n) is 4.09. The molecular weight excluding hydrogens is 232 g/mol. The maximum absolute atomic E-state index is 3.83. The van der Waals surface area contributed by atoms with Crippen molar-refractivity contribution in [2.24, 2.45) is 5.92 Å². The molecule has 0 aromatic heterocycles. The second-order valence-electron chi connectivity index (χ2n) is 6.61. The maximum Gasteiger partial charge on any atom is 0.0308 e. The SMILES string of the molecule is CCNC(C1CCCCCC1)C(C)(C)N(CC)CC. The summed E-state index contributed by atoms with van der Waals surface area (Å²) in [7, 11) is 0. The predicted octanol–water partition coefficient (Wildman–Crippen LogP) is 4.06. The molecule has 0 aromatic carbocycles. The summed E-state index contributed by atoms with van der Waals surface area (Å²) in [5.74, 6) is 0.859. The number of rotatable bonds is 7. The van der Waals surface area contributed by atoms with Crippen molar-refractivity contribution in [1.82, 2.24) is 10.2 Å². The number of likely N-dealkylation sites (N-methyl/N-ethyl adjacent to an activating group) is 2. The summed E-state index contributed by atoms with van der Waals surface area (Å²) in [5.41, 5.74) is 0.258. The van der Waals surface area contributed by atoms with E-state index in [0.29, 0.717) is 6.04 Å². The molecule has 1 fully saturated rings. The van der Waals surface area contributed by atoms with Crippen LogP contribution in [0.1, 0.15) is 73.1 Å². The van der Waals surface area contributed by atoms with Crippen LogP contribution in [-0.2, 0) is 0 Å². The van der Waals surface area contributed by atoms with Crippen LogP contribution < -0.4 is 5.32 Å². The van der Waals surface area contributed by atoms with Crippen molar-refractivity contribution in [3.05, 3.63) is 0 Å². The van der Waals surface area contributed by atoms with Crippen molar-refractivity contribution < 1.29 is 0 Å². The van der Waals surface area contributed by atoms with Crippen LogP contribution >= 0.6 is 0 Å². The van der Waals surface area contributed by atoms with Crippen LogP contribution in [-0.4, -0.2) is 36.1 Å². The van der Waals surface area contributed by atoms with E-state index in [1.807, 2.05) is 0 Å². The summed E-state index contributed by atoms with van der Waals surface area (Å²) in [6.07, 6.45) is 8.59. The van der Waals surface area contributed by atoms with E-state index in [2.05, 4.69) is 44.8 Å². The Hall–Kier alpha value is -0.0800. The largest absolute Gasteiger partial charge is 0.312 e. The van der Waals surface area contributed by atoms with Crippen molar-refractivity contribution in [1.29, 1.82) is 0 Å². The lowest BCUT2D eigenvalue weighted by Gasteiger charge is -2.47. The molecule has 114 valence electrons. The van der Waals surface area contributed by atoms with Crippen molar-refractivity contribution in [3.8, 4) is 0 Å². The Bertz CT molecular complexity index is 225. The molecule has 0 heterocycles. The zero-order valence-corrected chi connectivity index (χ0v) is 14.0. The summed E-state index contributed by atoms with van der Waals surface area (Å²) >= 11 is 0. The molecule has 19 heavy (non-hydrogen) atoms. The lowest BCUT2D eigenvalue weighted by Crippen LogP contribution is -2.60. The molecule has 0 bridgehead atoms. The van der Waals surface area contributed by atoms with Gasteiger partial charge in [-0.2, -0.15) is 0 Å². The van der Waals surface area contributed by atoms with Crippen LogP contribution in [0.3, 0.4) is 0 Å². The fourth-order valence-corrected chi connectivity index (χ4v) is 4.09. The van der Waals surface area contributed by atoms with Crippen LogP contribution in [0.2, 0.25) is 0 Å². The average Bonchev–Trinajstić information content (AvgIpc) is 2.65. The number of hydrogen-bond donors (Lipinski definition) is 1. The molecule has 1 saturated carbocycles. The van der Waals surface area contributed by atoms with E-state index in [0.717, 1.165) is 25.6 Å². The zero-order valence-electron chi connectivity index (χ0n) is 14.0. The van der Waals surface area contributed by atoms with Gasteiger partial charge < -0.3 is 5.32 Å². The zero-order chi connectivity index (χ0) is 14.3. The van der Waals surface area contributed by atoms with Gasteiger partial charge in [0.05, 0.1) is 0 Å². The van der Waals surface area contributed by atoms with Crippen molar-refractivity contribution in [3.63, 3.8) is 0 Å². The Morgan fingerprint density at radius 1 is 1.00 bits per heavy atom. The van der Waals surface area contributed by atoms with Crippen molar-refractivity contribution in [2.45, 2.75) is 84.7 Å². The minimum absolute atomic E-state index is 0.258. The summed E-state index contributed by atoms with van der Waals surface area (Å²) in [4.78, 5) is 2.63. The Morgan fingerprint density at radius 3 is 1.95 bits per heavy atom.